The Bertz CT molecular complexity index is 842. The smallest absolute Gasteiger partial charge is 0.248 e. The second kappa shape index (κ2) is 5.64. The second-order valence-electron chi connectivity index (χ2n) is 5.21. The van der Waals surface area contributed by atoms with Gasteiger partial charge < -0.3 is 9.26 Å². The predicted molar refractivity (Wildman–Crippen MR) is 78.1 cm³/mol. The molecule has 8 nitrogen and oxygen atoms in total. The number of pyridine rings is 1. The minimum absolute atomic E-state index is 0.118. The molecule has 1 aliphatic heterocycles. The summed E-state index contributed by atoms with van der Waals surface area (Å²) in [6.07, 6.45) is 1.14. The van der Waals surface area contributed by atoms with Gasteiger partial charge in [-0.2, -0.15) is 9.57 Å². The molecule has 2 aromatic heterocycles. The van der Waals surface area contributed by atoms with E-state index in [-0.39, 0.29) is 29.8 Å². The summed E-state index contributed by atoms with van der Waals surface area (Å²) in [6.45, 7) is 3.63. The molecule has 0 amide bonds. The Labute approximate surface area is 133 Å². The Kier molecular flexibility index (Phi) is 3.79. The van der Waals surface area contributed by atoms with Crippen molar-refractivity contribution in [1.29, 1.82) is 5.26 Å². The number of rotatable bonds is 4. The number of hydrogen-bond acceptors (Lipinski definition) is 7. The molecule has 1 fully saturated rings. The normalized spacial score (nSPS) is 15.9. The van der Waals surface area contributed by atoms with E-state index in [1.165, 1.54) is 10.5 Å². The van der Waals surface area contributed by atoms with Crippen LogP contribution in [-0.2, 0) is 10.0 Å². The van der Waals surface area contributed by atoms with Gasteiger partial charge in [-0.25, -0.2) is 13.4 Å². The number of sulfonamides is 1. The Morgan fingerprint density at radius 3 is 2.65 bits per heavy atom. The first kappa shape index (κ1) is 15.5. The van der Waals surface area contributed by atoms with Gasteiger partial charge in [-0.1, -0.05) is 5.16 Å². The summed E-state index contributed by atoms with van der Waals surface area (Å²) < 4.78 is 36.9. The lowest BCUT2D eigenvalue weighted by atomic mass is 10.2. The summed E-state index contributed by atoms with van der Waals surface area (Å²) >= 11 is 0. The zero-order valence-electron chi connectivity index (χ0n) is 12.6. The maximum Gasteiger partial charge on any atom is 0.248 e. The van der Waals surface area contributed by atoms with Gasteiger partial charge in [-0.15, -0.1) is 0 Å². The van der Waals surface area contributed by atoms with Gasteiger partial charge in [0.05, 0.1) is 18.7 Å². The Morgan fingerprint density at radius 1 is 1.39 bits per heavy atom. The Morgan fingerprint density at radius 2 is 2.13 bits per heavy atom. The molecule has 3 heterocycles. The van der Waals surface area contributed by atoms with E-state index in [4.69, 9.17) is 14.5 Å². The first-order valence-corrected chi connectivity index (χ1v) is 8.31. The molecule has 0 aromatic carbocycles. The molecule has 9 heteroatoms. The van der Waals surface area contributed by atoms with Crippen LogP contribution in [0.15, 0.2) is 27.7 Å². The van der Waals surface area contributed by atoms with Crippen molar-refractivity contribution in [1.82, 2.24) is 14.4 Å². The average Bonchev–Trinajstić information content (AvgIpc) is 2.82. The summed E-state index contributed by atoms with van der Waals surface area (Å²) in [7, 11) is -3.62. The number of nitrogens with zero attached hydrogens (tertiary/aromatic N) is 4. The van der Waals surface area contributed by atoms with Crippen molar-refractivity contribution < 1.29 is 17.7 Å². The van der Waals surface area contributed by atoms with Crippen LogP contribution in [0.2, 0.25) is 0 Å². The van der Waals surface area contributed by atoms with E-state index in [0.717, 1.165) is 0 Å². The van der Waals surface area contributed by atoms with Gasteiger partial charge in [-0.3, -0.25) is 0 Å². The standard InChI is InChI=1S/C14H14N4O4S/c1-9-14(10(2)22-17-9)23(19,20)18-7-12(8-18)21-13-4-3-11(5-15)6-16-13/h3-4,6,12H,7-8H2,1-2H3. The predicted octanol–water partition coefficient (Wildman–Crippen LogP) is 1.01. The molecule has 1 saturated heterocycles. The van der Waals surface area contributed by atoms with Crippen LogP contribution in [0, 0.1) is 25.2 Å². The van der Waals surface area contributed by atoms with Crippen LogP contribution in [0.4, 0.5) is 0 Å². The zero-order valence-corrected chi connectivity index (χ0v) is 13.4. The van der Waals surface area contributed by atoms with Crippen molar-refractivity contribution in [3.8, 4) is 11.9 Å². The summed E-state index contributed by atoms with van der Waals surface area (Å²) in [5.74, 6) is 0.643. The first-order valence-electron chi connectivity index (χ1n) is 6.87. The van der Waals surface area contributed by atoms with Gasteiger partial charge in [-0.05, 0) is 19.9 Å². The zero-order chi connectivity index (χ0) is 16.6. The van der Waals surface area contributed by atoms with Gasteiger partial charge in [0.25, 0.3) is 0 Å². The lowest BCUT2D eigenvalue weighted by Gasteiger charge is -2.37. The van der Waals surface area contributed by atoms with Crippen LogP contribution < -0.4 is 4.74 Å². The fourth-order valence-electron chi connectivity index (χ4n) is 2.33. The van der Waals surface area contributed by atoms with E-state index in [1.807, 2.05) is 6.07 Å². The summed E-state index contributed by atoms with van der Waals surface area (Å²) in [6, 6.07) is 5.15. The van der Waals surface area contributed by atoms with E-state index < -0.39 is 10.0 Å². The van der Waals surface area contributed by atoms with Crippen LogP contribution in [-0.4, -0.2) is 42.1 Å². The third kappa shape index (κ3) is 2.78. The van der Waals surface area contributed by atoms with Crippen LogP contribution in [0.1, 0.15) is 17.0 Å². The highest BCUT2D eigenvalue weighted by molar-refractivity contribution is 7.89. The fourth-order valence-corrected chi connectivity index (χ4v) is 4.12. The monoisotopic (exact) mass is 334 g/mol. The molecule has 0 bridgehead atoms. The van der Waals surface area contributed by atoms with Crippen molar-refractivity contribution in [3.05, 3.63) is 35.3 Å². The topological polar surface area (TPSA) is 109 Å². The third-order valence-corrected chi connectivity index (χ3v) is 5.61. The SMILES string of the molecule is Cc1noc(C)c1S(=O)(=O)N1CC(Oc2ccc(C#N)cn2)C1. The van der Waals surface area contributed by atoms with Gasteiger partial charge in [0.2, 0.25) is 15.9 Å². The van der Waals surface area contributed by atoms with Crippen molar-refractivity contribution >= 4 is 10.0 Å². The second-order valence-corrected chi connectivity index (χ2v) is 7.09. The summed E-state index contributed by atoms with van der Waals surface area (Å²) in [5.41, 5.74) is 0.786. The molecular formula is C14H14N4O4S. The minimum atomic E-state index is -3.62. The molecule has 0 saturated carbocycles. The molecule has 2 aromatic rings. The van der Waals surface area contributed by atoms with Gasteiger partial charge >= 0.3 is 0 Å². The molecule has 0 N–H and O–H groups in total. The number of aryl methyl sites for hydroxylation is 2. The molecule has 0 spiro atoms. The first-order chi connectivity index (χ1) is 10.9. The van der Waals surface area contributed by atoms with Crippen LogP contribution >= 0.6 is 0 Å². The molecule has 0 aliphatic carbocycles. The van der Waals surface area contributed by atoms with Crippen molar-refractivity contribution in [2.24, 2.45) is 0 Å². The summed E-state index contributed by atoms with van der Waals surface area (Å²) in [4.78, 5) is 4.12. The van der Waals surface area contributed by atoms with Gasteiger partial charge in [0.15, 0.2) is 5.76 Å². The largest absolute Gasteiger partial charge is 0.472 e. The van der Waals surface area contributed by atoms with Crippen LogP contribution in [0.25, 0.3) is 0 Å². The third-order valence-electron chi connectivity index (χ3n) is 3.53. The minimum Gasteiger partial charge on any atom is -0.472 e. The Hall–Kier alpha value is -2.44. The lowest BCUT2D eigenvalue weighted by Crippen LogP contribution is -2.56. The van der Waals surface area contributed by atoms with E-state index in [2.05, 4.69) is 10.1 Å². The van der Waals surface area contributed by atoms with Crippen LogP contribution in [0.5, 0.6) is 5.88 Å². The summed E-state index contributed by atoms with van der Waals surface area (Å²) in [5, 5.41) is 12.4. The fraction of sp³-hybridized carbons (Fsp3) is 0.357. The molecule has 120 valence electrons. The highest BCUT2D eigenvalue weighted by atomic mass is 32.2. The number of hydrogen-bond donors (Lipinski definition) is 0. The highest BCUT2D eigenvalue weighted by Gasteiger charge is 2.41. The molecule has 0 atom stereocenters. The molecule has 1 aliphatic rings. The van der Waals surface area contributed by atoms with Gasteiger partial charge in [0.1, 0.15) is 22.8 Å². The molecule has 0 unspecified atom stereocenters. The van der Waals surface area contributed by atoms with E-state index in [0.29, 0.717) is 17.1 Å². The molecular weight excluding hydrogens is 320 g/mol. The average molecular weight is 334 g/mol. The molecule has 0 radical (unpaired) electrons. The lowest BCUT2D eigenvalue weighted by molar-refractivity contribution is 0.0720. The maximum atomic E-state index is 12.5. The van der Waals surface area contributed by atoms with E-state index in [9.17, 15) is 8.42 Å². The maximum absolute atomic E-state index is 12.5. The van der Waals surface area contributed by atoms with Crippen molar-refractivity contribution in [2.75, 3.05) is 13.1 Å². The quantitative estimate of drug-likeness (QED) is 0.820. The van der Waals surface area contributed by atoms with Crippen molar-refractivity contribution in [3.63, 3.8) is 0 Å². The van der Waals surface area contributed by atoms with E-state index in [1.54, 1.807) is 26.0 Å². The number of ether oxygens (including phenoxy) is 1. The van der Waals surface area contributed by atoms with Gasteiger partial charge in [0, 0.05) is 12.3 Å². The van der Waals surface area contributed by atoms with Crippen LogP contribution in [0.3, 0.4) is 0 Å². The molecule has 23 heavy (non-hydrogen) atoms. The highest BCUT2D eigenvalue weighted by Crippen LogP contribution is 2.28. The molecule has 3 rings (SSSR count). The number of aromatic nitrogens is 2. The van der Waals surface area contributed by atoms with Crippen molar-refractivity contribution in [2.45, 2.75) is 24.8 Å². The number of nitriles is 1. The van der Waals surface area contributed by atoms with E-state index >= 15 is 0 Å². The Balaban J connectivity index is 1.65.